The van der Waals surface area contributed by atoms with Gasteiger partial charge in [0.25, 0.3) is 5.91 Å². The number of likely N-dealkylation sites (N-methyl/N-ethyl adjacent to an activating group) is 1. The molecule has 24 heavy (non-hydrogen) atoms. The van der Waals surface area contributed by atoms with Gasteiger partial charge >= 0.3 is 6.03 Å². The summed E-state index contributed by atoms with van der Waals surface area (Å²) in [5, 5.41) is 2.55. The van der Waals surface area contributed by atoms with E-state index in [0.717, 1.165) is 31.9 Å². The van der Waals surface area contributed by atoms with Crippen LogP contribution in [-0.2, 0) is 4.79 Å². The van der Waals surface area contributed by atoms with Crippen molar-refractivity contribution in [2.24, 2.45) is 0 Å². The average molecular weight is 352 g/mol. The van der Waals surface area contributed by atoms with Crippen molar-refractivity contribution in [2.75, 3.05) is 57.8 Å². The summed E-state index contributed by atoms with van der Waals surface area (Å²) in [6.45, 7) is 4.63. The normalized spacial score (nSPS) is 19.8. The first-order valence-corrected chi connectivity index (χ1v) is 8.46. The predicted molar refractivity (Wildman–Crippen MR) is 93.0 cm³/mol. The Bertz CT molecular complexity index is 601. The zero-order valence-corrected chi connectivity index (χ0v) is 14.5. The van der Waals surface area contributed by atoms with Crippen LogP contribution in [0.3, 0.4) is 0 Å². The molecule has 0 aliphatic carbocycles. The number of amides is 3. The quantitative estimate of drug-likeness (QED) is 0.874. The van der Waals surface area contributed by atoms with E-state index in [9.17, 15) is 9.59 Å². The highest BCUT2D eigenvalue weighted by atomic mass is 35.5. The number of hydrazine groups is 1. The van der Waals surface area contributed by atoms with Gasteiger partial charge in [-0.15, -0.1) is 0 Å². The molecule has 2 saturated heterocycles. The van der Waals surface area contributed by atoms with E-state index in [1.807, 2.05) is 17.1 Å². The number of nitrogens with zero attached hydrogens (tertiary/aromatic N) is 4. The predicted octanol–water partition coefficient (Wildman–Crippen LogP) is 0.861. The smallest absolute Gasteiger partial charge is 0.313 e. The highest BCUT2D eigenvalue weighted by Crippen LogP contribution is 2.22. The fourth-order valence-electron chi connectivity index (χ4n) is 2.89. The first-order chi connectivity index (χ1) is 11.5. The first-order valence-electron chi connectivity index (χ1n) is 8.08. The molecular weight excluding hydrogens is 330 g/mol. The summed E-state index contributed by atoms with van der Waals surface area (Å²) < 4.78 is 0. The molecule has 2 aliphatic heterocycles. The Morgan fingerprint density at radius 1 is 1.08 bits per heavy atom. The van der Waals surface area contributed by atoms with Gasteiger partial charge in [0.1, 0.15) is 6.54 Å². The van der Waals surface area contributed by atoms with Crippen LogP contribution in [0.4, 0.5) is 10.5 Å². The lowest BCUT2D eigenvalue weighted by Gasteiger charge is -2.32. The van der Waals surface area contributed by atoms with Gasteiger partial charge in [-0.1, -0.05) is 11.6 Å². The molecule has 1 aromatic carbocycles. The molecule has 3 rings (SSSR count). The van der Waals surface area contributed by atoms with Gasteiger partial charge < -0.3 is 9.80 Å². The summed E-state index contributed by atoms with van der Waals surface area (Å²) in [6.07, 6.45) is 0. The lowest BCUT2D eigenvalue weighted by Crippen LogP contribution is -2.54. The molecule has 8 heteroatoms. The van der Waals surface area contributed by atoms with Crippen molar-refractivity contribution < 1.29 is 9.59 Å². The van der Waals surface area contributed by atoms with Gasteiger partial charge in [-0.2, -0.15) is 0 Å². The number of urea groups is 1. The minimum Gasteiger partial charge on any atom is -0.313 e. The second-order valence-electron chi connectivity index (χ2n) is 6.16. The average Bonchev–Trinajstić information content (AvgIpc) is 2.91. The van der Waals surface area contributed by atoms with E-state index in [0.29, 0.717) is 18.1 Å². The van der Waals surface area contributed by atoms with E-state index < -0.39 is 0 Å². The Labute approximate surface area is 146 Å². The maximum Gasteiger partial charge on any atom is 0.325 e. The largest absolute Gasteiger partial charge is 0.325 e. The molecule has 0 saturated carbocycles. The van der Waals surface area contributed by atoms with E-state index in [4.69, 9.17) is 11.6 Å². The molecule has 0 spiro atoms. The van der Waals surface area contributed by atoms with E-state index in [1.165, 1.54) is 0 Å². The summed E-state index contributed by atoms with van der Waals surface area (Å²) in [5.41, 5.74) is 3.68. The van der Waals surface area contributed by atoms with Crippen LogP contribution in [-0.4, -0.2) is 79.6 Å². The summed E-state index contributed by atoms with van der Waals surface area (Å²) in [5.74, 6) is -0.147. The van der Waals surface area contributed by atoms with Crippen LogP contribution in [0.5, 0.6) is 0 Å². The van der Waals surface area contributed by atoms with Gasteiger partial charge in [0.05, 0.1) is 0 Å². The van der Waals surface area contributed by atoms with Gasteiger partial charge in [-0.3, -0.25) is 15.1 Å². The number of hydrogen-bond donors (Lipinski definition) is 1. The molecule has 0 unspecified atom stereocenters. The van der Waals surface area contributed by atoms with Crippen molar-refractivity contribution in [1.29, 1.82) is 0 Å². The lowest BCUT2D eigenvalue weighted by molar-refractivity contribution is -0.127. The second-order valence-corrected chi connectivity index (χ2v) is 6.59. The van der Waals surface area contributed by atoms with Gasteiger partial charge in [0.2, 0.25) is 0 Å². The number of piperazine rings is 1. The fraction of sp³-hybridized carbons (Fsp3) is 0.500. The third kappa shape index (κ3) is 3.98. The second kappa shape index (κ2) is 7.38. The van der Waals surface area contributed by atoms with Crippen molar-refractivity contribution in [1.82, 2.24) is 20.2 Å². The maximum atomic E-state index is 12.5. The third-order valence-electron chi connectivity index (χ3n) is 4.35. The molecule has 0 atom stereocenters. The summed E-state index contributed by atoms with van der Waals surface area (Å²) in [6, 6.07) is 6.99. The molecule has 1 aromatic rings. The van der Waals surface area contributed by atoms with Crippen LogP contribution in [0.25, 0.3) is 0 Å². The number of nitrogens with one attached hydrogen (secondary N) is 1. The zero-order valence-electron chi connectivity index (χ0n) is 13.7. The highest BCUT2D eigenvalue weighted by Gasteiger charge is 2.31. The summed E-state index contributed by atoms with van der Waals surface area (Å²) in [4.78, 5) is 30.1. The third-order valence-corrected chi connectivity index (χ3v) is 4.61. The Kier molecular flexibility index (Phi) is 5.23. The molecule has 0 bridgehead atoms. The fourth-order valence-corrected chi connectivity index (χ4v) is 3.02. The van der Waals surface area contributed by atoms with E-state index in [2.05, 4.69) is 17.4 Å². The van der Waals surface area contributed by atoms with Crippen LogP contribution in [0.2, 0.25) is 5.02 Å². The Balaban J connectivity index is 1.52. The minimum atomic E-state index is -0.147. The van der Waals surface area contributed by atoms with Gasteiger partial charge in [-0.25, -0.2) is 9.80 Å². The maximum absolute atomic E-state index is 12.5. The molecule has 2 aliphatic rings. The number of carbonyl (C=O) groups is 2. The number of halogens is 1. The first kappa shape index (κ1) is 17.0. The topological polar surface area (TPSA) is 59.1 Å². The SMILES string of the molecule is CN1CCN(NC(=O)CN2CCN(c3ccc(Cl)cc3)C2=O)CC1. The molecule has 0 radical (unpaired) electrons. The Morgan fingerprint density at radius 2 is 1.75 bits per heavy atom. The molecule has 2 fully saturated rings. The molecule has 1 N–H and O–H groups in total. The van der Waals surface area contributed by atoms with Gasteiger partial charge in [-0.05, 0) is 31.3 Å². The monoisotopic (exact) mass is 351 g/mol. The Morgan fingerprint density at radius 3 is 2.42 bits per heavy atom. The molecule has 0 aromatic heterocycles. The van der Waals surface area contributed by atoms with Gasteiger partial charge in [0.15, 0.2) is 0 Å². The zero-order chi connectivity index (χ0) is 17.1. The number of anilines is 1. The molecule has 2 heterocycles. The van der Waals surface area contributed by atoms with Crippen molar-refractivity contribution in [2.45, 2.75) is 0 Å². The van der Waals surface area contributed by atoms with Gasteiger partial charge in [0, 0.05) is 50.0 Å². The Hall–Kier alpha value is -1.83. The molecular formula is C16H22ClN5O2. The highest BCUT2D eigenvalue weighted by molar-refractivity contribution is 6.30. The number of benzene rings is 1. The van der Waals surface area contributed by atoms with Crippen molar-refractivity contribution in [3.8, 4) is 0 Å². The van der Waals surface area contributed by atoms with E-state index in [-0.39, 0.29) is 18.5 Å². The number of rotatable bonds is 4. The van der Waals surface area contributed by atoms with Crippen molar-refractivity contribution >= 4 is 29.2 Å². The van der Waals surface area contributed by atoms with Crippen LogP contribution in [0.15, 0.2) is 24.3 Å². The number of hydrogen-bond acceptors (Lipinski definition) is 4. The summed E-state index contributed by atoms with van der Waals surface area (Å²) >= 11 is 5.88. The molecule has 3 amide bonds. The van der Waals surface area contributed by atoms with Crippen LogP contribution in [0.1, 0.15) is 0 Å². The summed E-state index contributed by atoms with van der Waals surface area (Å²) in [7, 11) is 2.06. The number of carbonyl (C=O) groups excluding carboxylic acids is 2. The minimum absolute atomic E-state index is 0.0786. The van der Waals surface area contributed by atoms with Crippen LogP contribution in [0, 0.1) is 0 Å². The van der Waals surface area contributed by atoms with Crippen LogP contribution < -0.4 is 10.3 Å². The molecule has 130 valence electrons. The standard InChI is InChI=1S/C16H22ClN5O2/c1-19-6-9-21(10-7-19)18-15(23)12-20-8-11-22(16(20)24)14-4-2-13(17)3-5-14/h2-5H,6-12H2,1H3,(H,18,23). The van der Waals surface area contributed by atoms with Crippen molar-refractivity contribution in [3.63, 3.8) is 0 Å². The van der Waals surface area contributed by atoms with Crippen LogP contribution >= 0.6 is 11.6 Å². The lowest BCUT2D eigenvalue weighted by atomic mass is 10.3. The van der Waals surface area contributed by atoms with E-state index in [1.54, 1.807) is 21.9 Å². The molecule has 7 nitrogen and oxygen atoms in total. The van der Waals surface area contributed by atoms with E-state index >= 15 is 0 Å². The van der Waals surface area contributed by atoms with Crippen molar-refractivity contribution in [3.05, 3.63) is 29.3 Å².